The van der Waals surface area contributed by atoms with E-state index in [0.717, 1.165) is 12.7 Å². The smallest absolute Gasteiger partial charge is 0.220 e. The first-order chi connectivity index (χ1) is 5.25. The van der Waals surface area contributed by atoms with Crippen LogP contribution in [-0.2, 0) is 6.42 Å². The summed E-state index contributed by atoms with van der Waals surface area (Å²) in [5.74, 6) is -0.508. The van der Waals surface area contributed by atoms with Crippen molar-refractivity contribution in [2.24, 2.45) is 0 Å². The lowest BCUT2D eigenvalue weighted by Gasteiger charge is -2.00. The third-order valence-electron chi connectivity index (χ3n) is 1.34. The lowest BCUT2D eigenvalue weighted by atomic mass is 10.2. The SMILES string of the molecule is CCCc1c(F)ncnc1Cl. The fourth-order valence-corrected chi connectivity index (χ4v) is 1.04. The van der Waals surface area contributed by atoms with Gasteiger partial charge in [-0.05, 0) is 6.42 Å². The van der Waals surface area contributed by atoms with Gasteiger partial charge in [-0.25, -0.2) is 9.97 Å². The van der Waals surface area contributed by atoms with Gasteiger partial charge in [-0.2, -0.15) is 4.39 Å². The quantitative estimate of drug-likeness (QED) is 0.643. The third-order valence-corrected chi connectivity index (χ3v) is 1.67. The zero-order valence-electron chi connectivity index (χ0n) is 6.14. The summed E-state index contributed by atoms with van der Waals surface area (Å²) in [5, 5.41) is 0.222. The highest BCUT2D eigenvalue weighted by Gasteiger charge is 2.06. The molecule has 11 heavy (non-hydrogen) atoms. The second kappa shape index (κ2) is 3.62. The molecule has 1 aromatic heterocycles. The van der Waals surface area contributed by atoms with E-state index in [1.807, 2.05) is 6.92 Å². The van der Waals surface area contributed by atoms with E-state index in [9.17, 15) is 4.39 Å². The first kappa shape index (κ1) is 8.40. The molecule has 0 unspecified atom stereocenters. The first-order valence-corrected chi connectivity index (χ1v) is 3.78. The summed E-state index contributed by atoms with van der Waals surface area (Å²) in [6.07, 6.45) is 2.55. The maximum atomic E-state index is 12.8. The minimum atomic E-state index is -0.508. The Bertz CT molecular complexity index is 232. The van der Waals surface area contributed by atoms with Crippen molar-refractivity contribution in [3.05, 3.63) is 23.0 Å². The van der Waals surface area contributed by atoms with E-state index < -0.39 is 5.95 Å². The van der Waals surface area contributed by atoms with Gasteiger partial charge in [0.2, 0.25) is 5.95 Å². The number of hydrogen-bond acceptors (Lipinski definition) is 2. The van der Waals surface area contributed by atoms with Crippen LogP contribution in [0.5, 0.6) is 0 Å². The molecule has 0 spiro atoms. The first-order valence-electron chi connectivity index (χ1n) is 3.40. The average molecular weight is 175 g/mol. The number of halogens is 2. The number of aromatic nitrogens is 2. The van der Waals surface area contributed by atoms with Crippen LogP contribution in [0.2, 0.25) is 5.15 Å². The molecule has 1 rings (SSSR count). The largest absolute Gasteiger partial charge is 0.224 e. The van der Waals surface area contributed by atoms with Crippen molar-refractivity contribution < 1.29 is 4.39 Å². The molecule has 1 aromatic rings. The van der Waals surface area contributed by atoms with Crippen LogP contribution in [-0.4, -0.2) is 9.97 Å². The van der Waals surface area contributed by atoms with Crippen molar-refractivity contribution in [1.82, 2.24) is 9.97 Å². The molecule has 0 fully saturated rings. The van der Waals surface area contributed by atoms with Gasteiger partial charge in [0.15, 0.2) is 0 Å². The summed E-state index contributed by atoms with van der Waals surface area (Å²) in [4.78, 5) is 7.07. The minimum absolute atomic E-state index is 0.222. The Labute approximate surface area is 69.4 Å². The highest BCUT2D eigenvalue weighted by atomic mass is 35.5. The van der Waals surface area contributed by atoms with Crippen LogP contribution in [0.1, 0.15) is 18.9 Å². The Morgan fingerprint density at radius 2 is 2.27 bits per heavy atom. The molecule has 0 saturated carbocycles. The topological polar surface area (TPSA) is 25.8 Å². The zero-order chi connectivity index (χ0) is 8.27. The van der Waals surface area contributed by atoms with Crippen LogP contribution in [0, 0.1) is 5.95 Å². The van der Waals surface area contributed by atoms with Crippen molar-refractivity contribution in [2.75, 3.05) is 0 Å². The lowest BCUT2D eigenvalue weighted by molar-refractivity contribution is 0.559. The number of nitrogens with zero attached hydrogens (tertiary/aromatic N) is 2. The van der Waals surface area contributed by atoms with Gasteiger partial charge in [-0.1, -0.05) is 24.9 Å². The van der Waals surface area contributed by atoms with Gasteiger partial charge in [-0.3, -0.25) is 0 Å². The number of rotatable bonds is 2. The molecule has 0 saturated heterocycles. The summed E-state index contributed by atoms with van der Waals surface area (Å²) in [6, 6.07) is 0. The van der Waals surface area contributed by atoms with Gasteiger partial charge in [0.05, 0.1) is 0 Å². The van der Waals surface area contributed by atoms with Crippen molar-refractivity contribution >= 4 is 11.6 Å². The van der Waals surface area contributed by atoms with Gasteiger partial charge in [0, 0.05) is 5.56 Å². The fraction of sp³-hybridized carbons (Fsp3) is 0.429. The molecule has 0 N–H and O–H groups in total. The fourth-order valence-electron chi connectivity index (χ4n) is 0.827. The predicted molar refractivity (Wildman–Crippen MR) is 41.0 cm³/mol. The Morgan fingerprint density at radius 3 is 2.82 bits per heavy atom. The Morgan fingerprint density at radius 1 is 1.55 bits per heavy atom. The van der Waals surface area contributed by atoms with E-state index in [1.165, 1.54) is 0 Å². The van der Waals surface area contributed by atoms with Crippen molar-refractivity contribution in [2.45, 2.75) is 19.8 Å². The molecule has 1 heterocycles. The van der Waals surface area contributed by atoms with Gasteiger partial charge in [0.25, 0.3) is 0 Å². The molecule has 0 amide bonds. The van der Waals surface area contributed by atoms with E-state index in [2.05, 4.69) is 9.97 Å². The molecule has 60 valence electrons. The molecule has 0 atom stereocenters. The molecular weight excluding hydrogens is 167 g/mol. The Kier molecular flexibility index (Phi) is 2.76. The molecule has 0 aliphatic heterocycles. The van der Waals surface area contributed by atoms with Gasteiger partial charge < -0.3 is 0 Å². The van der Waals surface area contributed by atoms with Gasteiger partial charge in [0.1, 0.15) is 11.5 Å². The molecule has 2 nitrogen and oxygen atoms in total. The molecule has 4 heteroatoms. The standard InChI is InChI=1S/C7H8ClFN2/c1-2-3-5-6(8)10-4-11-7(5)9/h4H,2-3H2,1H3. The lowest BCUT2D eigenvalue weighted by Crippen LogP contribution is -1.96. The Balaban J connectivity index is 3.00. The van der Waals surface area contributed by atoms with E-state index in [4.69, 9.17) is 11.6 Å². The second-order valence-corrected chi connectivity index (χ2v) is 2.54. The summed E-state index contributed by atoms with van der Waals surface area (Å²) >= 11 is 5.62. The van der Waals surface area contributed by atoms with Crippen LogP contribution in [0.25, 0.3) is 0 Å². The van der Waals surface area contributed by atoms with Gasteiger partial charge in [-0.15, -0.1) is 0 Å². The second-order valence-electron chi connectivity index (χ2n) is 2.18. The normalized spacial score (nSPS) is 10.1. The summed E-state index contributed by atoms with van der Waals surface area (Å²) in [5.41, 5.74) is 0.414. The van der Waals surface area contributed by atoms with Crippen molar-refractivity contribution in [3.8, 4) is 0 Å². The van der Waals surface area contributed by atoms with Gasteiger partial charge >= 0.3 is 0 Å². The maximum Gasteiger partial charge on any atom is 0.220 e. The minimum Gasteiger partial charge on any atom is -0.224 e. The summed E-state index contributed by atoms with van der Waals surface area (Å²) in [6.45, 7) is 1.95. The molecule has 0 aromatic carbocycles. The molecule has 0 radical (unpaired) electrons. The molecule has 0 aliphatic carbocycles. The monoisotopic (exact) mass is 174 g/mol. The van der Waals surface area contributed by atoms with E-state index in [0.29, 0.717) is 12.0 Å². The van der Waals surface area contributed by atoms with Crippen molar-refractivity contribution in [3.63, 3.8) is 0 Å². The molecular formula is C7H8ClFN2. The predicted octanol–water partition coefficient (Wildman–Crippen LogP) is 2.22. The van der Waals surface area contributed by atoms with E-state index in [-0.39, 0.29) is 5.15 Å². The highest BCUT2D eigenvalue weighted by molar-refractivity contribution is 6.30. The average Bonchev–Trinajstić information content (AvgIpc) is 1.97. The zero-order valence-corrected chi connectivity index (χ0v) is 6.90. The number of hydrogen-bond donors (Lipinski definition) is 0. The summed E-state index contributed by atoms with van der Waals surface area (Å²) < 4.78 is 12.8. The van der Waals surface area contributed by atoms with Crippen molar-refractivity contribution in [1.29, 1.82) is 0 Å². The van der Waals surface area contributed by atoms with Crippen LogP contribution in [0.3, 0.4) is 0 Å². The van der Waals surface area contributed by atoms with Crippen LogP contribution in [0.4, 0.5) is 4.39 Å². The van der Waals surface area contributed by atoms with Crippen LogP contribution < -0.4 is 0 Å². The maximum absolute atomic E-state index is 12.8. The molecule has 0 aliphatic rings. The highest BCUT2D eigenvalue weighted by Crippen LogP contribution is 2.15. The summed E-state index contributed by atoms with van der Waals surface area (Å²) in [7, 11) is 0. The van der Waals surface area contributed by atoms with E-state index in [1.54, 1.807) is 0 Å². The Hall–Kier alpha value is -0.700. The van der Waals surface area contributed by atoms with Crippen LogP contribution >= 0.6 is 11.6 Å². The van der Waals surface area contributed by atoms with Crippen LogP contribution in [0.15, 0.2) is 6.33 Å². The third kappa shape index (κ3) is 1.87. The van der Waals surface area contributed by atoms with E-state index >= 15 is 0 Å². The molecule has 0 bridgehead atoms.